The van der Waals surface area contributed by atoms with E-state index in [0.29, 0.717) is 5.25 Å². The zero-order valence-electron chi connectivity index (χ0n) is 11.3. The van der Waals surface area contributed by atoms with E-state index in [1.807, 2.05) is 18.8 Å². The third-order valence-corrected chi connectivity index (χ3v) is 5.48. The first kappa shape index (κ1) is 13.9. The van der Waals surface area contributed by atoms with Gasteiger partial charge in [-0.3, -0.25) is 0 Å². The highest BCUT2D eigenvalue weighted by Gasteiger charge is 2.37. The molecule has 0 heterocycles. The summed E-state index contributed by atoms with van der Waals surface area (Å²) in [6, 6.07) is 8.60. The van der Waals surface area contributed by atoms with Gasteiger partial charge in [0.05, 0.1) is 6.61 Å². The Labute approximate surface area is 114 Å². The molecular formula is C15H23NOS. The van der Waals surface area contributed by atoms with E-state index in [4.69, 9.17) is 0 Å². The van der Waals surface area contributed by atoms with Crippen molar-refractivity contribution in [2.75, 3.05) is 13.7 Å². The van der Waals surface area contributed by atoms with Gasteiger partial charge in [-0.1, -0.05) is 24.3 Å². The molecule has 0 saturated heterocycles. The number of benzene rings is 1. The van der Waals surface area contributed by atoms with E-state index in [0.717, 1.165) is 18.6 Å². The molecule has 2 unspecified atom stereocenters. The molecule has 0 amide bonds. The first-order valence-corrected chi connectivity index (χ1v) is 7.70. The molecule has 2 atom stereocenters. The summed E-state index contributed by atoms with van der Waals surface area (Å²) in [7, 11) is 1.96. The second kappa shape index (κ2) is 6.09. The number of aliphatic hydroxyl groups excluding tert-OH is 1. The zero-order chi connectivity index (χ0) is 13.0. The van der Waals surface area contributed by atoms with Gasteiger partial charge in [-0.05, 0) is 44.4 Å². The van der Waals surface area contributed by atoms with Crippen LogP contribution in [0.5, 0.6) is 0 Å². The van der Waals surface area contributed by atoms with E-state index in [9.17, 15) is 5.11 Å². The van der Waals surface area contributed by atoms with Gasteiger partial charge >= 0.3 is 0 Å². The van der Waals surface area contributed by atoms with Crippen LogP contribution in [0.4, 0.5) is 0 Å². The van der Waals surface area contributed by atoms with Gasteiger partial charge in [-0.25, -0.2) is 0 Å². The molecule has 0 radical (unpaired) electrons. The molecule has 2 rings (SSSR count). The maximum absolute atomic E-state index is 9.49. The molecule has 2 N–H and O–H groups in total. The number of rotatable bonds is 5. The zero-order valence-corrected chi connectivity index (χ0v) is 12.1. The first-order valence-electron chi connectivity index (χ1n) is 6.65. The molecule has 1 saturated carbocycles. The van der Waals surface area contributed by atoms with E-state index in [1.54, 1.807) is 0 Å². The van der Waals surface area contributed by atoms with Crippen LogP contribution in [0.1, 0.15) is 30.4 Å². The Hall–Kier alpha value is -0.510. The fourth-order valence-corrected chi connectivity index (χ4v) is 4.11. The van der Waals surface area contributed by atoms with Crippen molar-refractivity contribution in [3.05, 3.63) is 35.4 Å². The van der Waals surface area contributed by atoms with Gasteiger partial charge in [-0.2, -0.15) is 11.8 Å². The number of nitrogens with one attached hydrogen (secondary N) is 1. The minimum Gasteiger partial charge on any atom is -0.394 e. The van der Waals surface area contributed by atoms with Crippen molar-refractivity contribution in [2.24, 2.45) is 0 Å². The van der Waals surface area contributed by atoms with Crippen LogP contribution in [-0.2, 0) is 5.75 Å². The largest absolute Gasteiger partial charge is 0.394 e. The average molecular weight is 265 g/mol. The SMILES string of the molecule is CNC1(CO)CCC(SCc2ccccc2C)C1. The van der Waals surface area contributed by atoms with Crippen molar-refractivity contribution in [1.82, 2.24) is 5.32 Å². The lowest BCUT2D eigenvalue weighted by molar-refractivity contribution is 0.173. The fourth-order valence-electron chi connectivity index (χ4n) is 2.65. The number of hydrogen-bond donors (Lipinski definition) is 2. The van der Waals surface area contributed by atoms with Gasteiger partial charge in [0.15, 0.2) is 0 Å². The number of hydrogen-bond acceptors (Lipinski definition) is 3. The molecule has 1 aliphatic carbocycles. The fraction of sp³-hybridized carbons (Fsp3) is 0.600. The highest BCUT2D eigenvalue weighted by atomic mass is 32.2. The molecule has 0 spiro atoms. The molecule has 1 aromatic rings. The summed E-state index contributed by atoms with van der Waals surface area (Å²) in [5.74, 6) is 1.09. The Morgan fingerprint density at radius 2 is 2.22 bits per heavy atom. The molecule has 3 heteroatoms. The smallest absolute Gasteiger partial charge is 0.0613 e. The summed E-state index contributed by atoms with van der Waals surface area (Å²) >= 11 is 2.03. The molecule has 18 heavy (non-hydrogen) atoms. The summed E-state index contributed by atoms with van der Waals surface area (Å²) in [5.41, 5.74) is 2.79. The van der Waals surface area contributed by atoms with E-state index in [2.05, 4.69) is 36.5 Å². The first-order chi connectivity index (χ1) is 8.69. The maximum atomic E-state index is 9.49. The monoisotopic (exact) mass is 265 g/mol. The number of aliphatic hydroxyl groups is 1. The second-order valence-electron chi connectivity index (χ2n) is 5.29. The van der Waals surface area contributed by atoms with Gasteiger partial charge in [0.2, 0.25) is 0 Å². The Morgan fingerprint density at radius 3 is 2.83 bits per heavy atom. The summed E-state index contributed by atoms with van der Waals surface area (Å²) in [5, 5.41) is 13.5. The lowest BCUT2D eigenvalue weighted by Gasteiger charge is -2.26. The highest BCUT2D eigenvalue weighted by Crippen LogP contribution is 2.38. The van der Waals surface area contributed by atoms with Crippen LogP contribution in [0.25, 0.3) is 0 Å². The van der Waals surface area contributed by atoms with Gasteiger partial charge < -0.3 is 10.4 Å². The Kier molecular flexibility index (Phi) is 4.71. The predicted octanol–water partition coefficient (Wildman–Crippen LogP) is 2.73. The van der Waals surface area contributed by atoms with Gasteiger partial charge in [0.1, 0.15) is 0 Å². The predicted molar refractivity (Wildman–Crippen MR) is 79.0 cm³/mol. The minimum atomic E-state index is -0.0244. The molecule has 100 valence electrons. The Morgan fingerprint density at radius 1 is 1.44 bits per heavy atom. The lowest BCUT2D eigenvalue weighted by Crippen LogP contribution is -2.44. The summed E-state index contributed by atoms with van der Waals surface area (Å²) in [4.78, 5) is 0. The van der Waals surface area contributed by atoms with Gasteiger partial charge in [0, 0.05) is 16.5 Å². The van der Waals surface area contributed by atoms with Crippen LogP contribution in [-0.4, -0.2) is 29.5 Å². The summed E-state index contributed by atoms with van der Waals surface area (Å²) in [6.45, 7) is 2.43. The van der Waals surface area contributed by atoms with Crippen molar-refractivity contribution in [1.29, 1.82) is 0 Å². The average Bonchev–Trinajstić information content (AvgIpc) is 2.82. The van der Waals surface area contributed by atoms with E-state index in [-0.39, 0.29) is 12.1 Å². The molecule has 0 aliphatic heterocycles. The summed E-state index contributed by atoms with van der Waals surface area (Å²) < 4.78 is 0. The number of likely N-dealkylation sites (N-methyl/N-ethyl adjacent to an activating group) is 1. The number of thioether (sulfide) groups is 1. The van der Waals surface area contributed by atoms with Crippen molar-refractivity contribution in [3.8, 4) is 0 Å². The standard InChI is InChI=1S/C15H23NOS/c1-12-5-3-4-6-13(12)10-18-14-7-8-15(9-14,11-17)16-2/h3-6,14,16-17H,7-11H2,1-2H3. The van der Waals surface area contributed by atoms with Crippen LogP contribution in [0.3, 0.4) is 0 Å². The quantitative estimate of drug-likeness (QED) is 0.858. The van der Waals surface area contributed by atoms with Gasteiger partial charge in [0.25, 0.3) is 0 Å². The normalized spacial score (nSPS) is 27.6. The van der Waals surface area contributed by atoms with E-state index < -0.39 is 0 Å². The maximum Gasteiger partial charge on any atom is 0.0613 e. The topological polar surface area (TPSA) is 32.3 Å². The van der Waals surface area contributed by atoms with E-state index >= 15 is 0 Å². The molecule has 2 nitrogen and oxygen atoms in total. The van der Waals surface area contributed by atoms with E-state index in [1.165, 1.54) is 17.5 Å². The molecular weight excluding hydrogens is 242 g/mol. The van der Waals surface area contributed by atoms with Crippen LogP contribution in [0.2, 0.25) is 0 Å². The third kappa shape index (κ3) is 3.08. The summed E-state index contributed by atoms with van der Waals surface area (Å²) in [6.07, 6.45) is 3.37. The highest BCUT2D eigenvalue weighted by molar-refractivity contribution is 7.99. The van der Waals surface area contributed by atoms with Crippen LogP contribution in [0.15, 0.2) is 24.3 Å². The van der Waals surface area contributed by atoms with Crippen molar-refractivity contribution in [3.63, 3.8) is 0 Å². The lowest BCUT2D eigenvalue weighted by atomic mass is 10.00. The van der Waals surface area contributed by atoms with Crippen LogP contribution in [0, 0.1) is 6.92 Å². The molecule has 1 aromatic carbocycles. The second-order valence-corrected chi connectivity index (χ2v) is 6.58. The number of aryl methyl sites for hydroxylation is 1. The Balaban J connectivity index is 1.88. The van der Waals surface area contributed by atoms with Crippen LogP contribution >= 0.6 is 11.8 Å². The molecule has 1 fully saturated rings. The van der Waals surface area contributed by atoms with Crippen molar-refractivity contribution < 1.29 is 5.11 Å². The molecule has 1 aliphatic rings. The van der Waals surface area contributed by atoms with Crippen LogP contribution < -0.4 is 5.32 Å². The Bertz CT molecular complexity index is 390. The molecule has 0 bridgehead atoms. The van der Waals surface area contributed by atoms with Gasteiger partial charge in [-0.15, -0.1) is 0 Å². The molecule has 0 aromatic heterocycles. The van der Waals surface area contributed by atoms with Crippen molar-refractivity contribution in [2.45, 2.75) is 42.7 Å². The van der Waals surface area contributed by atoms with Crippen molar-refractivity contribution >= 4 is 11.8 Å². The third-order valence-electron chi connectivity index (χ3n) is 4.13. The minimum absolute atomic E-state index is 0.0244.